The summed E-state index contributed by atoms with van der Waals surface area (Å²) in [5, 5.41) is 4.20. The summed E-state index contributed by atoms with van der Waals surface area (Å²) in [4.78, 5) is 4.08. The third-order valence-electron chi connectivity index (χ3n) is 2.00. The molecule has 4 nitrogen and oxygen atoms in total. The largest absolute Gasteiger partial charge is 0.330 e. The number of benzene rings is 1. The highest BCUT2D eigenvalue weighted by Gasteiger charge is 2.01. The van der Waals surface area contributed by atoms with E-state index in [9.17, 15) is 4.39 Å². The van der Waals surface area contributed by atoms with E-state index in [1.165, 1.54) is 12.1 Å². The lowest BCUT2D eigenvalue weighted by molar-refractivity contribution is 0.627. The predicted octanol–water partition coefficient (Wildman–Crippen LogP) is 0.908. The number of hydrogen-bond acceptors (Lipinski definition) is 3. The van der Waals surface area contributed by atoms with Gasteiger partial charge in [-0.3, -0.25) is 0 Å². The predicted molar refractivity (Wildman–Crippen MR) is 54.1 cm³/mol. The fourth-order valence-corrected chi connectivity index (χ4v) is 1.26. The Morgan fingerprint density at radius 2 is 2.00 bits per heavy atom. The normalized spacial score (nSPS) is 10.5. The van der Waals surface area contributed by atoms with Crippen molar-refractivity contribution in [1.82, 2.24) is 14.8 Å². The summed E-state index contributed by atoms with van der Waals surface area (Å²) in [6.07, 6.45) is 2.24. The summed E-state index contributed by atoms with van der Waals surface area (Å²) < 4.78 is 14.3. The fraction of sp³-hybridized carbons (Fsp3) is 0.200. The van der Waals surface area contributed by atoms with E-state index >= 15 is 0 Å². The van der Waals surface area contributed by atoms with Crippen molar-refractivity contribution in [2.75, 3.05) is 6.54 Å². The molecule has 0 radical (unpaired) electrons. The van der Waals surface area contributed by atoms with Gasteiger partial charge in [0.1, 0.15) is 12.1 Å². The fourth-order valence-electron chi connectivity index (χ4n) is 1.26. The zero-order valence-electron chi connectivity index (χ0n) is 8.10. The molecule has 78 valence electrons. The van der Waals surface area contributed by atoms with Gasteiger partial charge in [0.2, 0.25) is 0 Å². The Labute approximate surface area is 86.6 Å². The van der Waals surface area contributed by atoms with Crippen LogP contribution in [0.1, 0.15) is 5.82 Å². The first-order valence-corrected chi connectivity index (χ1v) is 4.66. The summed E-state index contributed by atoms with van der Waals surface area (Å²) in [6.45, 7) is 0.521. The molecule has 2 rings (SSSR count). The first-order chi connectivity index (χ1) is 7.29. The maximum Gasteiger partial charge on any atom is 0.152 e. The highest BCUT2D eigenvalue weighted by molar-refractivity contribution is 5.30. The standard InChI is InChI=1S/C10H11FN4/c11-8-1-3-9(4-2-8)15-7-13-10(14-15)5-6-12/h1-4,7H,5-6,12H2. The van der Waals surface area contributed by atoms with Crippen LogP contribution in [0.2, 0.25) is 0 Å². The van der Waals surface area contributed by atoms with E-state index in [2.05, 4.69) is 10.1 Å². The van der Waals surface area contributed by atoms with Gasteiger partial charge in [0.15, 0.2) is 5.82 Å². The van der Waals surface area contributed by atoms with Crippen LogP contribution in [0.3, 0.4) is 0 Å². The minimum atomic E-state index is -0.263. The van der Waals surface area contributed by atoms with Crippen molar-refractivity contribution >= 4 is 0 Å². The van der Waals surface area contributed by atoms with Crippen LogP contribution in [0, 0.1) is 5.82 Å². The van der Waals surface area contributed by atoms with Gasteiger partial charge in [0.25, 0.3) is 0 Å². The molecule has 0 aliphatic rings. The van der Waals surface area contributed by atoms with Crippen molar-refractivity contribution < 1.29 is 4.39 Å². The van der Waals surface area contributed by atoms with Gasteiger partial charge < -0.3 is 5.73 Å². The van der Waals surface area contributed by atoms with Crippen LogP contribution in [0.25, 0.3) is 5.69 Å². The number of hydrogen-bond donors (Lipinski definition) is 1. The Kier molecular flexibility index (Phi) is 2.73. The Hall–Kier alpha value is -1.75. The topological polar surface area (TPSA) is 56.7 Å². The summed E-state index contributed by atoms with van der Waals surface area (Å²) >= 11 is 0. The molecule has 0 aliphatic heterocycles. The van der Waals surface area contributed by atoms with Crippen molar-refractivity contribution in [2.24, 2.45) is 5.73 Å². The minimum Gasteiger partial charge on any atom is -0.330 e. The molecule has 15 heavy (non-hydrogen) atoms. The molecule has 0 aliphatic carbocycles. The average Bonchev–Trinajstić information content (AvgIpc) is 2.68. The SMILES string of the molecule is NCCc1ncn(-c2ccc(F)cc2)n1. The monoisotopic (exact) mass is 206 g/mol. The number of rotatable bonds is 3. The molecular formula is C10H11FN4. The van der Waals surface area contributed by atoms with Gasteiger partial charge in [0.05, 0.1) is 5.69 Å². The second-order valence-electron chi connectivity index (χ2n) is 3.12. The van der Waals surface area contributed by atoms with E-state index in [0.717, 1.165) is 5.69 Å². The second kappa shape index (κ2) is 4.18. The zero-order chi connectivity index (χ0) is 10.7. The van der Waals surface area contributed by atoms with Gasteiger partial charge in [0, 0.05) is 6.42 Å². The maximum atomic E-state index is 12.7. The molecule has 2 N–H and O–H groups in total. The van der Waals surface area contributed by atoms with Crippen LogP contribution in [-0.4, -0.2) is 21.3 Å². The average molecular weight is 206 g/mol. The molecule has 0 saturated heterocycles. The van der Waals surface area contributed by atoms with Crippen LogP contribution in [0.4, 0.5) is 4.39 Å². The van der Waals surface area contributed by atoms with Gasteiger partial charge in [-0.25, -0.2) is 14.1 Å². The first kappa shape index (κ1) is 9.79. The number of aromatic nitrogens is 3. The zero-order valence-corrected chi connectivity index (χ0v) is 8.10. The molecule has 0 bridgehead atoms. The van der Waals surface area contributed by atoms with E-state index < -0.39 is 0 Å². The lowest BCUT2D eigenvalue weighted by Gasteiger charge is -1.98. The molecule has 1 aromatic carbocycles. The second-order valence-corrected chi connectivity index (χ2v) is 3.12. The number of halogens is 1. The van der Waals surface area contributed by atoms with Crippen molar-refractivity contribution in [3.05, 3.63) is 42.2 Å². The summed E-state index contributed by atoms with van der Waals surface area (Å²) in [6, 6.07) is 6.08. The number of nitrogens with two attached hydrogens (primary N) is 1. The highest BCUT2D eigenvalue weighted by atomic mass is 19.1. The highest BCUT2D eigenvalue weighted by Crippen LogP contribution is 2.07. The summed E-state index contributed by atoms with van der Waals surface area (Å²) in [7, 11) is 0. The molecule has 0 saturated carbocycles. The van der Waals surface area contributed by atoms with E-state index in [4.69, 9.17) is 5.73 Å². The van der Waals surface area contributed by atoms with Crippen LogP contribution in [0.5, 0.6) is 0 Å². The quantitative estimate of drug-likeness (QED) is 0.812. The Bertz CT molecular complexity index is 435. The summed E-state index contributed by atoms with van der Waals surface area (Å²) in [5.41, 5.74) is 6.17. The van der Waals surface area contributed by atoms with Crippen LogP contribution in [0.15, 0.2) is 30.6 Å². The van der Waals surface area contributed by atoms with Gasteiger partial charge in [-0.2, -0.15) is 5.10 Å². The lowest BCUT2D eigenvalue weighted by atomic mass is 10.3. The Morgan fingerprint density at radius 1 is 1.27 bits per heavy atom. The van der Waals surface area contributed by atoms with Gasteiger partial charge in [-0.1, -0.05) is 0 Å². The Balaban J connectivity index is 2.25. The maximum absolute atomic E-state index is 12.7. The molecule has 0 unspecified atom stereocenters. The molecule has 1 heterocycles. The Morgan fingerprint density at radius 3 is 2.67 bits per heavy atom. The molecule has 0 atom stereocenters. The molecule has 0 fully saturated rings. The van der Waals surface area contributed by atoms with Crippen LogP contribution < -0.4 is 5.73 Å². The van der Waals surface area contributed by atoms with Crippen molar-refractivity contribution in [1.29, 1.82) is 0 Å². The van der Waals surface area contributed by atoms with E-state index in [1.807, 2.05) is 0 Å². The molecule has 5 heteroatoms. The van der Waals surface area contributed by atoms with E-state index in [1.54, 1.807) is 23.1 Å². The van der Waals surface area contributed by atoms with Crippen LogP contribution in [-0.2, 0) is 6.42 Å². The minimum absolute atomic E-state index is 0.263. The molecule has 2 aromatic rings. The smallest absolute Gasteiger partial charge is 0.152 e. The van der Waals surface area contributed by atoms with Crippen molar-refractivity contribution in [2.45, 2.75) is 6.42 Å². The molecular weight excluding hydrogens is 195 g/mol. The third kappa shape index (κ3) is 2.19. The van der Waals surface area contributed by atoms with E-state index in [-0.39, 0.29) is 5.82 Å². The molecule has 0 spiro atoms. The summed E-state index contributed by atoms with van der Waals surface area (Å²) in [5.74, 6) is 0.433. The van der Waals surface area contributed by atoms with Crippen molar-refractivity contribution in [3.8, 4) is 5.69 Å². The molecule has 1 aromatic heterocycles. The van der Waals surface area contributed by atoms with Crippen LogP contribution >= 0.6 is 0 Å². The first-order valence-electron chi connectivity index (χ1n) is 4.66. The van der Waals surface area contributed by atoms with Crippen molar-refractivity contribution in [3.63, 3.8) is 0 Å². The number of nitrogens with zero attached hydrogens (tertiary/aromatic N) is 3. The van der Waals surface area contributed by atoms with Gasteiger partial charge in [-0.05, 0) is 30.8 Å². The van der Waals surface area contributed by atoms with Gasteiger partial charge >= 0.3 is 0 Å². The third-order valence-corrected chi connectivity index (χ3v) is 2.00. The molecule has 0 amide bonds. The van der Waals surface area contributed by atoms with E-state index in [0.29, 0.717) is 18.8 Å². The lowest BCUT2D eigenvalue weighted by Crippen LogP contribution is -2.05. The van der Waals surface area contributed by atoms with Gasteiger partial charge in [-0.15, -0.1) is 0 Å².